The van der Waals surface area contributed by atoms with Crippen LogP contribution in [0.1, 0.15) is 52.4 Å². The molecule has 1 aliphatic rings. The Balaban J connectivity index is 2.57. The van der Waals surface area contributed by atoms with E-state index in [0.717, 1.165) is 19.3 Å². The topological polar surface area (TPSA) is 37.3 Å². The Bertz CT molecular complexity index is 189. The van der Waals surface area contributed by atoms with E-state index < -0.39 is 5.97 Å². The van der Waals surface area contributed by atoms with Gasteiger partial charge < -0.3 is 5.11 Å². The molecule has 82 valence electrons. The fourth-order valence-electron chi connectivity index (χ4n) is 2.82. The molecule has 14 heavy (non-hydrogen) atoms. The molecule has 1 rings (SSSR count). The minimum atomic E-state index is -0.572. The Kier molecular flexibility index (Phi) is 4.43. The van der Waals surface area contributed by atoms with Crippen molar-refractivity contribution in [3.8, 4) is 0 Å². The van der Waals surface area contributed by atoms with E-state index in [2.05, 4.69) is 13.8 Å². The summed E-state index contributed by atoms with van der Waals surface area (Å²) < 4.78 is 0. The van der Waals surface area contributed by atoms with E-state index in [1.165, 1.54) is 19.3 Å². The number of hydrogen-bond donors (Lipinski definition) is 1. The lowest BCUT2D eigenvalue weighted by Crippen LogP contribution is -2.31. The first-order chi connectivity index (χ1) is 6.66. The molecule has 0 aromatic rings. The predicted octanol–water partition coefficient (Wildman–Crippen LogP) is 3.31. The molecule has 0 aromatic heterocycles. The number of carboxylic acid groups (broad SMARTS) is 1. The molecule has 0 heterocycles. The fourth-order valence-corrected chi connectivity index (χ4v) is 2.82. The molecule has 0 aliphatic heterocycles. The summed E-state index contributed by atoms with van der Waals surface area (Å²) in [5.41, 5.74) is 0. The van der Waals surface area contributed by atoms with Crippen LogP contribution < -0.4 is 0 Å². The number of aliphatic carboxylic acids is 1. The summed E-state index contributed by atoms with van der Waals surface area (Å²) in [6.07, 6.45) is 6.69. The Morgan fingerprint density at radius 3 is 2.64 bits per heavy atom. The highest BCUT2D eigenvalue weighted by molar-refractivity contribution is 5.70. The van der Waals surface area contributed by atoms with Gasteiger partial charge in [-0.1, -0.05) is 39.5 Å². The molecule has 0 amide bonds. The molecule has 0 saturated heterocycles. The van der Waals surface area contributed by atoms with Crippen LogP contribution in [0.25, 0.3) is 0 Å². The Hall–Kier alpha value is -0.530. The van der Waals surface area contributed by atoms with E-state index in [1.54, 1.807) is 0 Å². The van der Waals surface area contributed by atoms with E-state index >= 15 is 0 Å². The van der Waals surface area contributed by atoms with E-state index in [9.17, 15) is 4.79 Å². The highest BCUT2D eigenvalue weighted by atomic mass is 16.4. The minimum absolute atomic E-state index is 0.0645. The summed E-state index contributed by atoms with van der Waals surface area (Å²) in [6.45, 7) is 4.39. The average molecular weight is 198 g/mol. The molecule has 1 aliphatic carbocycles. The second-order valence-electron chi connectivity index (χ2n) is 4.66. The zero-order valence-electron chi connectivity index (χ0n) is 9.33. The highest BCUT2D eigenvalue weighted by Crippen LogP contribution is 2.36. The van der Waals surface area contributed by atoms with E-state index in [1.807, 2.05) is 0 Å². The minimum Gasteiger partial charge on any atom is -0.481 e. The van der Waals surface area contributed by atoms with Gasteiger partial charge in [-0.3, -0.25) is 4.79 Å². The smallest absolute Gasteiger partial charge is 0.306 e. The first-order valence-corrected chi connectivity index (χ1v) is 5.89. The molecular weight excluding hydrogens is 176 g/mol. The summed E-state index contributed by atoms with van der Waals surface area (Å²) in [4.78, 5) is 11.1. The van der Waals surface area contributed by atoms with Gasteiger partial charge >= 0.3 is 5.97 Å². The Morgan fingerprint density at radius 1 is 1.43 bits per heavy atom. The highest BCUT2D eigenvalue weighted by Gasteiger charge is 2.33. The fraction of sp³-hybridized carbons (Fsp3) is 0.917. The SMILES string of the molecule is CCCC(C)C1CCCCC1C(=O)O. The van der Waals surface area contributed by atoms with Gasteiger partial charge in [-0.05, 0) is 24.7 Å². The average Bonchev–Trinajstić information content (AvgIpc) is 2.18. The third-order valence-electron chi connectivity index (χ3n) is 3.61. The number of carboxylic acids is 1. The molecule has 1 N–H and O–H groups in total. The van der Waals surface area contributed by atoms with Crippen molar-refractivity contribution in [2.75, 3.05) is 0 Å². The Morgan fingerprint density at radius 2 is 2.07 bits per heavy atom. The van der Waals surface area contributed by atoms with Crippen LogP contribution in [0.3, 0.4) is 0 Å². The zero-order chi connectivity index (χ0) is 10.6. The van der Waals surface area contributed by atoms with Crippen molar-refractivity contribution >= 4 is 5.97 Å². The normalized spacial score (nSPS) is 29.9. The standard InChI is InChI=1S/C12H22O2/c1-3-6-9(2)10-7-4-5-8-11(10)12(13)14/h9-11H,3-8H2,1-2H3,(H,13,14). The molecule has 1 fully saturated rings. The summed E-state index contributed by atoms with van der Waals surface area (Å²) in [7, 11) is 0. The molecule has 0 radical (unpaired) electrons. The van der Waals surface area contributed by atoms with Crippen LogP contribution >= 0.6 is 0 Å². The van der Waals surface area contributed by atoms with Gasteiger partial charge in [-0.25, -0.2) is 0 Å². The van der Waals surface area contributed by atoms with Crippen molar-refractivity contribution in [3.05, 3.63) is 0 Å². The van der Waals surface area contributed by atoms with Crippen LogP contribution in [0.4, 0.5) is 0 Å². The molecule has 1 saturated carbocycles. The molecule has 0 aromatic carbocycles. The van der Waals surface area contributed by atoms with Gasteiger partial charge in [0.05, 0.1) is 5.92 Å². The largest absolute Gasteiger partial charge is 0.481 e. The first-order valence-electron chi connectivity index (χ1n) is 5.89. The maximum Gasteiger partial charge on any atom is 0.306 e. The van der Waals surface area contributed by atoms with Crippen LogP contribution in [0.2, 0.25) is 0 Å². The molecule has 3 unspecified atom stereocenters. The Labute approximate surface area is 86.7 Å². The molecule has 0 bridgehead atoms. The van der Waals surface area contributed by atoms with Gasteiger partial charge in [0.1, 0.15) is 0 Å². The van der Waals surface area contributed by atoms with Crippen LogP contribution in [0.15, 0.2) is 0 Å². The second kappa shape index (κ2) is 5.38. The maximum absolute atomic E-state index is 11.1. The summed E-state index contributed by atoms with van der Waals surface area (Å²) in [5, 5.41) is 9.13. The predicted molar refractivity (Wildman–Crippen MR) is 57.2 cm³/mol. The van der Waals surface area contributed by atoms with Gasteiger partial charge in [0.2, 0.25) is 0 Å². The lowest BCUT2D eigenvalue weighted by atomic mass is 9.72. The van der Waals surface area contributed by atoms with Gasteiger partial charge in [0, 0.05) is 0 Å². The monoisotopic (exact) mass is 198 g/mol. The molecule has 0 spiro atoms. The lowest BCUT2D eigenvalue weighted by Gasteiger charge is -2.33. The first kappa shape index (κ1) is 11.5. The molecular formula is C12H22O2. The van der Waals surface area contributed by atoms with Gasteiger partial charge in [-0.15, -0.1) is 0 Å². The lowest BCUT2D eigenvalue weighted by molar-refractivity contribution is -0.145. The van der Waals surface area contributed by atoms with Crippen LogP contribution in [-0.4, -0.2) is 11.1 Å². The second-order valence-corrected chi connectivity index (χ2v) is 4.66. The summed E-state index contributed by atoms with van der Waals surface area (Å²) in [5.74, 6) is 0.380. The quantitative estimate of drug-likeness (QED) is 0.752. The van der Waals surface area contributed by atoms with Crippen molar-refractivity contribution in [1.29, 1.82) is 0 Å². The van der Waals surface area contributed by atoms with Crippen molar-refractivity contribution in [3.63, 3.8) is 0 Å². The van der Waals surface area contributed by atoms with E-state index in [-0.39, 0.29) is 5.92 Å². The van der Waals surface area contributed by atoms with Gasteiger partial charge in [-0.2, -0.15) is 0 Å². The van der Waals surface area contributed by atoms with E-state index in [0.29, 0.717) is 11.8 Å². The zero-order valence-corrected chi connectivity index (χ0v) is 9.33. The maximum atomic E-state index is 11.1. The van der Waals surface area contributed by atoms with Crippen molar-refractivity contribution in [2.45, 2.75) is 52.4 Å². The van der Waals surface area contributed by atoms with Crippen molar-refractivity contribution < 1.29 is 9.90 Å². The summed E-state index contributed by atoms with van der Waals surface area (Å²) >= 11 is 0. The third kappa shape index (κ3) is 2.73. The van der Waals surface area contributed by atoms with Crippen LogP contribution in [-0.2, 0) is 4.79 Å². The molecule has 3 atom stereocenters. The van der Waals surface area contributed by atoms with Crippen molar-refractivity contribution in [1.82, 2.24) is 0 Å². The van der Waals surface area contributed by atoms with Gasteiger partial charge in [0.15, 0.2) is 0 Å². The number of hydrogen-bond acceptors (Lipinski definition) is 1. The van der Waals surface area contributed by atoms with Crippen molar-refractivity contribution in [2.24, 2.45) is 17.8 Å². The number of carbonyl (C=O) groups is 1. The number of rotatable bonds is 4. The van der Waals surface area contributed by atoms with E-state index in [4.69, 9.17) is 5.11 Å². The van der Waals surface area contributed by atoms with Crippen LogP contribution in [0, 0.1) is 17.8 Å². The third-order valence-corrected chi connectivity index (χ3v) is 3.61. The molecule has 2 nitrogen and oxygen atoms in total. The van der Waals surface area contributed by atoms with Crippen LogP contribution in [0.5, 0.6) is 0 Å². The van der Waals surface area contributed by atoms with Gasteiger partial charge in [0.25, 0.3) is 0 Å². The molecule has 2 heteroatoms. The summed E-state index contributed by atoms with van der Waals surface area (Å²) in [6, 6.07) is 0.